The maximum atomic E-state index is 11.1. The largest absolute Gasteiger partial charge is 0.417 e. The first kappa shape index (κ1) is 28.5. The zero-order valence-corrected chi connectivity index (χ0v) is 22.3. The summed E-state index contributed by atoms with van der Waals surface area (Å²) in [5.74, 6) is -0.284. The number of ether oxygens (including phenoxy) is 1. The van der Waals surface area contributed by atoms with Gasteiger partial charge in [-0.1, -0.05) is 59.3 Å². The van der Waals surface area contributed by atoms with Crippen LogP contribution < -0.4 is 5.32 Å². The molecule has 7 heteroatoms. The summed E-state index contributed by atoms with van der Waals surface area (Å²) in [7, 11) is -3.25. The number of hydrogen-bond donors (Lipinski definition) is 2. The molecule has 1 amide bonds. The van der Waals surface area contributed by atoms with Crippen LogP contribution >= 0.6 is 0 Å². The van der Waals surface area contributed by atoms with Gasteiger partial charge in [0.2, 0.25) is 5.91 Å². The number of amides is 1. The van der Waals surface area contributed by atoms with Crippen molar-refractivity contribution in [1.29, 1.82) is 0 Å². The van der Waals surface area contributed by atoms with E-state index < -0.39 is 22.5 Å². The minimum Gasteiger partial charge on any atom is -0.417 e. The van der Waals surface area contributed by atoms with E-state index in [4.69, 9.17) is 9.16 Å². The molecule has 0 saturated heterocycles. The third-order valence-electron chi connectivity index (χ3n) is 6.47. The highest BCUT2D eigenvalue weighted by molar-refractivity contribution is 6.81. The fourth-order valence-electron chi connectivity index (χ4n) is 3.08. The molecule has 0 aliphatic carbocycles. The van der Waals surface area contributed by atoms with E-state index in [0.29, 0.717) is 12.3 Å². The van der Waals surface area contributed by atoms with Gasteiger partial charge in [0, 0.05) is 18.9 Å². The molecule has 0 heterocycles. The molecule has 0 bridgehead atoms. The molecule has 0 radical (unpaired) electrons. The van der Waals surface area contributed by atoms with Gasteiger partial charge in [-0.25, -0.2) is 0 Å². The second-order valence-corrected chi connectivity index (χ2v) is 19.9. The Hall–Kier alpha value is -0.476. The van der Waals surface area contributed by atoms with Crippen LogP contribution in [0.3, 0.4) is 0 Å². The quantitative estimate of drug-likeness (QED) is 0.202. The van der Waals surface area contributed by atoms with Gasteiger partial charge in [-0.3, -0.25) is 4.79 Å². The lowest BCUT2D eigenvalue weighted by Gasteiger charge is -2.44. The second-order valence-electron chi connectivity index (χ2n) is 10.0. The van der Waals surface area contributed by atoms with Gasteiger partial charge >= 0.3 is 0 Å². The molecule has 5 nitrogen and oxygen atoms in total. The summed E-state index contributed by atoms with van der Waals surface area (Å²) < 4.78 is 12.4. The number of aliphatic hydroxyl groups is 1. The topological polar surface area (TPSA) is 67.8 Å². The van der Waals surface area contributed by atoms with Crippen LogP contribution in [0.5, 0.6) is 0 Å². The minimum atomic E-state index is -1.88. The Morgan fingerprint density at radius 3 is 2.41 bits per heavy atom. The molecule has 0 aromatic carbocycles. The number of carbonyl (C=O) groups excluding carboxylic acids is 1. The highest BCUT2D eigenvalue weighted by Gasteiger charge is 2.44. The number of nitrogens with one attached hydrogen (secondary N) is 1. The van der Waals surface area contributed by atoms with Gasteiger partial charge < -0.3 is 19.6 Å². The molecule has 2 unspecified atom stereocenters. The maximum Gasteiger partial charge on any atom is 0.243 e. The third kappa shape index (κ3) is 10.9. The van der Waals surface area contributed by atoms with Crippen molar-refractivity contribution in [1.82, 2.24) is 5.32 Å². The van der Waals surface area contributed by atoms with E-state index >= 15 is 0 Å². The van der Waals surface area contributed by atoms with Crippen LogP contribution in [-0.2, 0) is 14.0 Å². The maximum absolute atomic E-state index is 11.1. The summed E-state index contributed by atoms with van der Waals surface area (Å²) in [6.07, 6.45) is 5.03. The van der Waals surface area contributed by atoms with E-state index in [9.17, 15) is 9.90 Å². The van der Waals surface area contributed by atoms with Crippen LogP contribution in [-0.4, -0.2) is 59.0 Å². The van der Waals surface area contributed by atoms with E-state index in [1.165, 1.54) is 25.0 Å². The zero-order valence-electron chi connectivity index (χ0n) is 20.3. The summed E-state index contributed by atoms with van der Waals surface area (Å²) in [5.41, 5.74) is 0.382. The number of rotatable bonds is 16. The first-order valence-corrected chi connectivity index (χ1v) is 17.3. The molecule has 0 aliphatic heterocycles. The monoisotopic (exact) mass is 445 g/mol. The summed E-state index contributed by atoms with van der Waals surface area (Å²) in [6.45, 7) is 23.2. The fraction of sp³-hybridized carbons (Fsp3) is 0.864. The fourth-order valence-corrected chi connectivity index (χ4v) is 8.90. The Bertz CT molecular complexity index is 495. The van der Waals surface area contributed by atoms with E-state index in [0.717, 1.165) is 12.8 Å². The van der Waals surface area contributed by atoms with Gasteiger partial charge in [-0.15, -0.1) is 0 Å². The van der Waals surface area contributed by atoms with Crippen LogP contribution in [0.15, 0.2) is 12.7 Å². The lowest BCUT2D eigenvalue weighted by molar-refractivity contribution is -0.117. The molecule has 172 valence electrons. The van der Waals surface area contributed by atoms with Crippen molar-refractivity contribution in [2.24, 2.45) is 0 Å². The first-order valence-electron chi connectivity index (χ1n) is 11.1. The Labute approximate surface area is 181 Å². The molecule has 0 aromatic rings. The average Bonchev–Trinajstić information content (AvgIpc) is 2.63. The van der Waals surface area contributed by atoms with Crippen LogP contribution in [0.25, 0.3) is 0 Å². The summed E-state index contributed by atoms with van der Waals surface area (Å²) in [4.78, 5) is 11.1. The van der Waals surface area contributed by atoms with Crippen molar-refractivity contribution < 1.29 is 19.1 Å². The number of unbranched alkanes of at least 4 members (excludes halogenated alkanes) is 1. The average molecular weight is 446 g/mol. The van der Waals surface area contributed by atoms with Gasteiger partial charge in [-0.2, -0.15) is 0 Å². The predicted molar refractivity (Wildman–Crippen MR) is 129 cm³/mol. The number of aliphatic hydroxyl groups excluding tert-OH is 1. The van der Waals surface area contributed by atoms with E-state index in [1.54, 1.807) is 0 Å². The van der Waals surface area contributed by atoms with Gasteiger partial charge in [0.05, 0.1) is 20.8 Å². The Morgan fingerprint density at radius 2 is 1.86 bits per heavy atom. The Morgan fingerprint density at radius 1 is 1.24 bits per heavy atom. The minimum absolute atomic E-state index is 0.149. The van der Waals surface area contributed by atoms with Crippen LogP contribution in [0, 0.1) is 0 Å². The van der Waals surface area contributed by atoms with Gasteiger partial charge in [0.25, 0.3) is 0 Å². The normalized spacial score (nSPS) is 15.1. The predicted octanol–water partition coefficient (Wildman–Crippen LogP) is 4.88. The number of hydrogen-bond acceptors (Lipinski definition) is 4. The highest BCUT2D eigenvalue weighted by Crippen LogP contribution is 2.43. The molecule has 2 atom stereocenters. The van der Waals surface area contributed by atoms with Crippen LogP contribution in [0.1, 0.15) is 53.4 Å². The smallest absolute Gasteiger partial charge is 0.243 e. The standard InChI is InChI=1S/C22H47NO4Si2/c1-10-12-16-28(6,7)19(3)27-29(8,9)22(4,5)14-13-15-26-18-20(24)17-23-21(25)11-2/h11,19-20,24H,2,10,12-18H2,1,3-9H3,(H,23,25). The lowest BCUT2D eigenvalue weighted by atomic mass is 10.1. The Kier molecular flexibility index (Phi) is 12.8. The molecule has 0 aromatic heterocycles. The zero-order chi connectivity index (χ0) is 22.7. The van der Waals surface area contributed by atoms with Crippen molar-refractivity contribution in [3.8, 4) is 0 Å². The van der Waals surface area contributed by atoms with Gasteiger partial charge in [0.1, 0.15) is 0 Å². The lowest BCUT2D eigenvalue weighted by Crippen LogP contribution is -2.52. The molecule has 0 saturated carbocycles. The SMILES string of the molecule is C=CC(=O)NCC(O)COCCCC(C)(C)[Si](C)(C)OC(C)[Si](C)(C)CCCC. The van der Waals surface area contributed by atoms with Crippen molar-refractivity contribution in [2.75, 3.05) is 19.8 Å². The molecular weight excluding hydrogens is 398 g/mol. The van der Waals surface area contributed by atoms with Crippen LogP contribution in [0.2, 0.25) is 37.3 Å². The van der Waals surface area contributed by atoms with Gasteiger partial charge in [-0.05, 0) is 44.0 Å². The molecule has 0 aliphatic rings. The van der Waals surface area contributed by atoms with Crippen LogP contribution in [0.4, 0.5) is 0 Å². The van der Waals surface area contributed by atoms with E-state index in [2.05, 4.69) is 65.8 Å². The van der Waals surface area contributed by atoms with Crippen molar-refractivity contribution in [2.45, 2.75) is 102 Å². The summed E-state index contributed by atoms with van der Waals surface area (Å²) in [6, 6.07) is 1.33. The molecule has 2 N–H and O–H groups in total. The molecule has 0 fully saturated rings. The van der Waals surface area contributed by atoms with Crippen molar-refractivity contribution in [3.63, 3.8) is 0 Å². The Balaban J connectivity index is 4.39. The third-order valence-corrected chi connectivity index (χ3v) is 15.1. The summed E-state index contributed by atoms with van der Waals surface area (Å²) >= 11 is 0. The second kappa shape index (κ2) is 13.0. The molecular formula is C22H47NO4Si2. The molecule has 0 spiro atoms. The number of carbonyl (C=O) groups is 1. The van der Waals surface area contributed by atoms with Crippen molar-refractivity contribution >= 4 is 22.3 Å². The first-order chi connectivity index (χ1) is 13.3. The highest BCUT2D eigenvalue weighted by atomic mass is 28.4. The van der Waals surface area contributed by atoms with E-state index in [-0.39, 0.29) is 24.1 Å². The molecule has 29 heavy (non-hydrogen) atoms. The van der Waals surface area contributed by atoms with Crippen molar-refractivity contribution in [3.05, 3.63) is 12.7 Å². The summed E-state index contributed by atoms with van der Waals surface area (Å²) in [5, 5.41) is 12.6. The molecule has 0 rings (SSSR count). The van der Waals surface area contributed by atoms with Gasteiger partial charge in [0.15, 0.2) is 8.32 Å². The van der Waals surface area contributed by atoms with E-state index in [1.807, 2.05) is 0 Å².